The largest absolute Gasteiger partial charge is 0.352 e. The Morgan fingerprint density at radius 3 is 2.17 bits per heavy atom. The zero-order valence-corrected chi connectivity index (χ0v) is 13.9. The van der Waals surface area contributed by atoms with Crippen LogP contribution in [0.3, 0.4) is 0 Å². The topological polar surface area (TPSA) is 58.2 Å². The highest BCUT2D eigenvalue weighted by Gasteiger charge is 2.09. The molecule has 0 atom stereocenters. The molecule has 0 saturated carbocycles. The van der Waals surface area contributed by atoms with Gasteiger partial charge in [-0.25, -0.2) is 0 Å². The SMILES string of the molecule is CCCNC(=O)c1ccc(C(=O)Nc2ccc(C)c(Cl)c2)cc1. The summed E-state index contributed by atoms with van der Waals surface area (Å²) >= 11 is 6.04. The lowest BCUT2D eigenvalue weighted by molar-refractivity contribution is 0.0951. The van der Waals surface area contributed by atoms with Crippen LogP contribution in [0.25, 0.3) is 0 Å². The predicted octanol–water partition coefficient (Wildman–Crippen LogP) is 4.04. The van der Waals surface area contributed by atoms with Crippen LogP contribution in [0.2, 0.25) is 5.02 Å². The van der Waals surface area contributed by atoms with Crippen molar-refractivity contribution in [2.75, 3.05) is 11.9 Å². The molecule has 0 heterocycles. The fourth-order valence-corrected chi connectivity index (χ4v) is 2.17. The summed E-state index contributed by atoms with van der Waals surface area (Å²) in [5, 5.41) is 6.18. The molecule has 4 nitrogen and oxygen atoms in total. The number of rotatable bonds is 5. The third-order valence-electron chi connectivity index (χ3n) is 3.37. The molecule has 2 N–H and O–H groups in total. The van der Waals surface area contributed by atoms with E-state index in [9.17, 15) is 9.59 Å². The molecule has 0 fully saturated rings. The minimum atomic E-state index is -0.245. The molecule has 5 heteroatoms. The molecule has 2 rings (SSSR count). The van der Waals surface area contributed by atoms with Crippen LogP contribution in [0.5, 0.6) is 0 Å². The van der Waals surface area contributed by atoms with Crippen LogP contribution >= 0.6 is 11.6 Å². The fraction of sp³-hybridized carbons (Fsp3) is 0.222. The van der Waals surface area contributed by atoms with E-state index in [2.05, 4.69) is 10.6 Å². The van der Waals surface area contributed by atoms with E-state index in [-0.39, 0.29) is 11.8 Å². The summed E-state index contributed by atoms with van der Waals surface area (Å²) in [5.41, 5.74) is 2.60. The summed E-state index contributed by atoms with van der Waals surface area (Å²) in [6, 6.07) is 11.9. The highest BCUT2D eigenvalue weighted by Crippen LogP contribution is 2.20. The Labute approximate surface area is 140 Å². The van der Waals surface area contributed by atoms with E-state index in [1.54, 1.807) is 36.4 Å². The van der Waals surface area contributed by atoms with Gasteiger partial charge in [-0.05, 0) is 55.3 Å². The van der Waals surface area contributed by atoms with Crippen LogP contribution in [0.4, 0.5) is 5.69 Å². The minimum absolute atomic E-state index is 0.135. The van der Waals surface area contributed by atoms with Gasteiger partial charge in [-0.2, -0.15) is 0 Å². The first-order chi connectivity index (χ1) is 11.0. The van der Waals surface area contributed by atoms with Gasteiger partial charge in [0.25, 0.3) is 11.8 Å². The molecule has 0 aliphatic heterocycles. The van der Waals surface area contributed by atoms with Crippen molar-refractivity contribution in [1.29, 1.82) is 0 Å². The molecule has 0 aliphatic carbocycles. The maximum Gasteiger partial charge on any atom is 0.255 e. The first-order valence-corrected chi connectivity index (χ1v) is 7.85. The molecule has 2 aromatic carbocycles. The van der Waals surface area contributed by atoms with Crippen LogP contribution in [-0.4, -0.2) is 18.4 Å². The maximum atomic E-state index is 12.2. The Bertz CT molecular complexity index is 711. The normalized spacial score (nSPS) is 10.2. The maximum absolute atomic E-state index is 12.2. The monoisotopic (exact) mass is 330 g/mol. The van der Waals surface area contributed by atoms with Crippen molar-refractivity contribution in [3.05, 3.63) is 64.2 Å². The summed E-state index contributed by atoms with van der Waals surface area (Å²) < 4.78 is 0. The number of benzene rings is 2. The van der Waals surface area contributed by atoms with E-state index in [0.29, 0.717) is 28.4 Å². The number of nitrogens with one attached hydrogen (secondary N) is 2. The number of carbonyl (C=O) groups excluding carboxylic acids is 2. The Hall–Kier alpha value is -2.33. The van der Waals surface area contributed by atoms with Crippen molar-refractivity contribution < 1.29 is 9.59 Å². The minimum Gasteiger partial charge on any atom is -0.352 e. The molecule has 0 spiro atoms. The second-order valence-corrected chi connectivity index (χ2v) is 5.66. The van der Waals surface area contributed by atoms with Gasteiger partial charge in [0.1, 0.15) is 0 Å². The van der Waals surface area contributed by atoms with E-state index < -0.39 is 0 Å². The van der Waals surface area contributed by atoms with Gasteiger partial charge in [0.2, 0.25) is 0 Å². The average molecular weight is 331 g/mol. The van der Waals surface area contributed by atoms with Gasteiger partial charge in [0.05, 0.1) is 0 Å². The van der Waals surface area contributed by atoms with Crippen LogP contribution in [0.1, 0.15) is 39.6 Å². The molecular formula is C18H19ClN2O2. The smallest absolute Gasteiger partial charge is 0.255 e. The number of aryl methyl sites for hydroxylation is 1. The number of carbonyl (C=O) groups is 2. The van der Waals surface area contributed by atoms with Crippen molar-refractivity contribution in [3.8, 4) is 0 Å². The van der Waals surface area contributed by atoms with Gasteiger partial charge < -0.3 is 10.6 Å². The molecule has 0 aromatic heterocycles. The summed E-state index contributed by atoms with van der Waals surface area (Å²) in [6.45, 7) is 4.52. The highest BCUT2D eigenvalue weighted by molar-refractivity contribution is 6.31. The lowest BCUT2D eigenvalue weighted by Crippen LogP contribution is -2.24. The molecule has 0 saturated heterocycles. The molecule has 23 heavy (non-hydrogen) atoms. The fourth-order valence-electron chi connectivity index (χ4n) is 1.99. The molecule has 0 bridgehead atoms. The molecule has 0 radical (unpaired) electrons. The van der Waals surface area contributed by atoms with Crippen molar-refractivity contribution in [1.82, 2.24) is 5.32 Å². The van der Waals surface area contributed by atoms with E-state index in [0.717, 1.165) is 12.0 Å². The van der Waals surface area contributed by atoms with E-state index >= 15 is 0 Å². The van der Waals surface area contributed by atoms with Crippen molar-refractivity contribution in [2.45, 2.75) is 20.3 Å². The van der Waals surface area contributed by atoms with Gasteiger partial charge in [0, 0.05) is 28.4 Å². The molecule has 0 unspecified atom stereocenters. The first kappa shape index (κ1) is 17.0. The summed E-state index contributed by atoms with van der Waals surface area (Å²) in [4.78, 5) is 24.0. The average Bonchev–Trinajstić information content (AvgIpc) is 2.56. The van der Waals surface area contributed by atoms with Gasteiger partial charge in [0.15, 0.2) is 0 Å². The van der Waals surface area contributed by atoms with E-state index in [4.69, 9.17) is 11.6 Å². The Balaban J connectivity index is 2.05. The van der Waals surface area contributed by atoms with Gasteiger partial charge in [-0.1, -0.05) is 24.6 Å². The zero-order chi connectivity index (χ0) is 16.8. The van der Waals surface area contributed by atoms with Gasteiger partial charge in [-0.3, -0.25) is 9.59 Å². The highest BCUT2D eigenvalue weighted by atomic mass is 35.5. The number of hydrogen-bond acceptors (Lipinski definition) is 2. The van der Waals surface area contributed by atoms with E-state index in [1.165, 1.54) is 0 Å². The zero-order valence-electron chi connectivity index (χ0n) is 13.2. The lowest BCUT2D eigenvalue weighted by Gasteiger charge is -2.08. The summed E-state index contributed by atoms with van der Waals surface area (Å²) in [5.74, 6) is -0.380. The quantitative estimate of drug-likeness (QED) is 0.869. The molecule has 2 aromatic rings. The molecule has 0 aliphatic rings. The number of hydrogen-bond donors (Lipinski definition) is 2. The van der Waals surface area contributed by atoms with Crippen LogP contribution < -0.4 is 10.6 Å². The second-order valence-electron chi connectivity index (χ2n) is 5.25. The lowest BCUT2D eigenvalue weighted by atomic mass is 10.1. The third kappa shape index (κ3) is 4.57. The van der Waals surface area contributed by atoms with Crippen LogP contribution in [0.15, 0.2) is 42.5 Å². The standard InChI is InChI=1S/C18H19ClN2O2/c1-3-10-20-17(22)13-5-7-14(8-6-13)18(23)21-15-9-4-12(2)16(19)11-15/h4-9,11H,3,10H2,1-2H3,(H,20,22)(H,21,23). The van der Waals surface area contributed by atoms with Crippen molar-refractivity contribution in [3.63, 3.8) is 0 Å². The van der Waals surface area contributed by atoms with Crippen LogP contribution in [-0.2, 0) is 0 Å². The van der Waals surface area contributed by atoms with E-state index in [1.807, 2.05) is 19.9 Å². The predicted molar refractivity (Wildman–Crippen MR) is 93.2 cm³/mol. The third-order valence-corrected chi connectivity index (χ3v) is 3.78. The Kier molecular flexibility index (Phi) is 5.77. The summed E-state index contributed by atoms with van der Waals surface area (Å²) in [7, 11) is 0. The number of amides is 2. The molecule has 120 valence electrons. The Morgan fingerprint density at radius 1 is 1.00 bits per heavy atom. The molecular weight excluding hydrogens is 312 g/mol. The van der Waals surface area contributed by atoms with Crippen LogP contribution in [0, 0.1) is 6.92 Å². The Morgan fingerprint density at radius 2 is 1.61 bits per heavy atom. The van der Waals surface area contributed by atoms with Gasteiger partial charge in [-0.15, -0.1) is 0 Å². The number of anilines is 1. The number of halogens is 1. The first-order valence-electron chi connectivity index (χ1n) is 7.47. The summed E-state index contributed by atoms with van der Waals surface area (Å²) in [6.07, 6.45) is 0.880. The van der Waals surface area contributed by atoms with Crippen molar-refractivity contribution >= 4 is 29.1 Å². The molecule has 2 amide bonds. The van der Waals surface area contributed by atoms with Gasteiger partial charge >= 0.3 is 0 Å². The van der Waals surface area contributed by atoms with Crippen molar-refractivity contribution in [2.24, 2.45) is 0 Å². The second kappa shape index (κ2) is 7.79.